The van der Waals surface area contributed by atoms with Gasteiger partial charge in [-0.05, 0) is 51.4 Å². The van der Waals surface area contributed by atoms with Gasteiger partial charge in [0.05, 0.1) is 31.6 Å². The molecule has 0 saturated heterocycles. The number of amides is 2. The van der Waals surface area contributed by atoms with Crippen LogP contribution in [0.3, 0.4) is 0 Å². The number of unbranched alkanes of at least 4 members (excludes halogenated alkanes) is 13. The molecule has 270 valence electrons. The SMILES string of the molecule is CCCCCCCCC(CCCCCC)C(=O)OCCCCCCNC(=O)CNC(=O)CCCOC(=O)C(CCC)CCCCC. The van der Waals surface area contributed by atoms with Gasteiger partial charge < -0.3 is 20.1 Å². The highest BCUT2D eigenvalue weighted by Gasteiger charge is 2.20. The number of ether oxygens (including phenoxy) is 2. The molecule has 0 aromatic rings. The fourth-order valence-corrected chi connectivity index (χ4v) is 5.69. The van der Waals surface area contributed by atoms with Crippen molar-refractivity contribution in [2.45, 2.75) is 182 Å². The van der Waals surface area contributed by atoms with Gasteiger partial charge in [0.25, 0.3) is 0 Å². The molecule has 0 aliphatic heterocycles. The molecule has 2 atom stereocenters. The van der Waals surface area contributed by atoms with E-state index in [-0.39, 0.29) is 55.2 Å². The summed E-state index contributed by atoms with van der Waals surface area (Å²) in [6.45, 7) is 9.86. The molecular formula is C38H72N2O6. The van der Waals surface area contributed by atoms with Crippen molar-refractivity contribution in [2.24, 2.45) is 11.8 Å². The molecular weight excluding hydrogens is 580 g/mol. The predicted molar refractivity (Wildman–Crippen MR) is 188 cm³/mol. The summed E-state index contributed by atoms with van der Waals surface area (Å²) in [4.78, 5) is 49.3. The van der Waals surface area contributed by atoms with Gasteiger partial charge >= 0.3 is 11.9 Å². The van der Waals surface area contributed by atoms with Crippen molar-refractivity contribution in [2.75, 3.05) is 26.3 Å². The maximum absolute atomic E-state index is 12.8. The summed E-state index contributed by atoms with van der Waals surface area (Å²) >= 11 is 0. The van der Waals surface area contributed by atoms with Crippen LogP contribution in [0.15, 0.2) is 0 Å². The molecule has 0 radical (unpaired) electrons. The molecule has 8 heteroatoms. The van der Waals surface area contributed by atoms with Crippen molar-refractivity contribution in [1.29, 1.82) is 0 Å². The first-order chi connectivity index (χ1) is 22.4. The van der Waals surface area contributed by atoms with Gasteiger partial charge in [-0.15, -0.1) is 0 Å². The number of rotatable bonds is 33. The molecule has 0 aliphatic carbocycles. The fourth-order valence-electron chi connectivity index (χ4n) is 5.69. The van der Waals surface area contributed by atoms with Gasteiger partial charge in [-0.2, -0.15) is 0 Å². The first-order valence-electron chi connectivity index (χ1n) is 19.3. The van der Waals surface area contributed by atoms with E-state index < -0.39 is 0 Å². The number of hydrogen-bond acceptors (Lipinski definition) is 6. The molecule has 0 heterocycles. The average molecular weight is 653 g/mol. The lowest BCUT2D eigenvalue weighted by Crippen LogP contribution is -2.37. The normalized spacial score (nSPS) is 12.3. The van der Waals surface area contributed by atoms with Crippen LogP contribution in [0.4, 0.5) is 0 Å². The van der Waals surface area contributed by atoms with E-state index in [4.69, 9.17) is 9.47 Å². The second-order valence-electron chi connectivity index (χ2n) is 13.1. The second-order valence-corrected chi connectivity index (χ2v) is 13.1. The first kappa shape index (κ1) is 43.9. The van der Waals surface area contributed by atoms with Gasteiger partial charge in [-0.25, -0.2) is 0 Å². The van der Waals surface area contributed by atoms with Crippen LogP contribution >= 0.6 is 0 Å². The van der Waals surface area contributed by atoms with E-state index in [9.17, 15) is 19.2 Å². The van der Waals surface area contributed by atoms with E-state index in [0.29, 0.717) is 19.6 Å². The summed E-state index contributed by atoms with van der Waals surface area (Å²) in [5.74, 6) is -0.603. The number of carbonyl (C=O) groups is 4. The Morgan fingerprint density at radius 1 is 0.457 bits per heavy atom. The zero-order valence-corrected chi connectivity index (χ0v) is 30.4. The van der Waals surface area contributed by atoms with Crippen LogP contribution in [0.1, 0.15) is 182 Å². The van der Waals surface area contributed by atoms with E-state index >= 15 is 0 Å². The quantitative estimate of drug-likeness (QED) is 0.0541. The number of nitrogens with one attached hydrogen (secondary N) is 2. The second kappa shape index (κ2) is 32.8. The molecule has 0 saturated carbocycles. The highest BCUT2D eigenvalue weighted by molar-refractivity contribution is 5.84. The molecule has 2 amide bonds. The summed E-state index contributed by atoms with van der Waals surface area (Å²) in [6, 6.07) is 0. The van der Waals surface area contributed by atoms with Gasteiger partial charge in [0, 0.05) is 13.0 Å². The van der Waals surface area contributed by atoms with Crippen molar-refractivity contribution < 1.29 is 28.7 Å². The van der Waals surface area contributed by atoms with Crippen LogP contribution in [-0.4, -0.2) is 50.1 Å². The van der Waals surface area contributed by atoms with Crippen LogP contribution in [0.2, 0.25) is 0 Å². The molecule has 0 aromatic heterocycles. The van der Waals surface area contributed by atoms with Crippen LogP contribution in [0.25, 0.3) is 0 Å². The fraction of sp³-hybridized carbons (Fsp3) is 0.895. The van der Waals surface area contributed by atoms with Crippen molar-refractivity contribution >= 4 is 23.8 Å². The molecule has 0 spiro atoms. The molecule has 2 unspecified atom stereocenters. The Bertz CT molecular complexity index is 759. The molecule has 2 N–H and O–H groups in total. The number of hydrogen-bond donors (Lipinski definition) is 2. The Morgan fingerprint density at radius 3 is 1.52 bits per heavy atom. The van der Waals surface area contributed by atoms with Crippen molar-refractivity contribution in [1.82, 2.24) is 10.6 Å². The summed E-state index contributed by atoms with van der Waals surface area (Å²) in [6.07, 6.45) is 24.2. The Kier molecular flexibility index (Phi) is 31.3. The Balaban J connectivity index is 3.96. The third-order valence-electron chi connectivity index (χ3n) is 8.65. The zero-order valence-electron chi connectivity index (χ0n) is 30.4. The lowest BCUT2D eigenvalue weighted by Gasteiger charge is -2.16. The lowest BCUT2D eigenvalue weighted by molar-refractivity contribution is -0.150. The third kappa shape index (κ3) is 27.0. The highest BCUT2D eigenvalue weighted by atomic mass is 16.5. The molecule has 0 rings (SSSR count). The largest absolute Gasteiger partial charge is 0.465 e. The van der Waals surface area contributed by atoms with Crippen molar-refractivity contribution in [3.05, 3.63) is 0 Å². The average Bonchev–Trinajstić information content (AvgIpc) is 3.05. The Hall–Kier alpha value is -2.12. The summed E-state index contributed by atoms with van der Waals surface area (Å²) < 4.78 is 11.1. The molecule has 46 heavy (non-hydrogen) atoms. The summed E-state index contributed by atoms with van der Waals surface area (Å²) in [5, 5.41) is 5.48. The predicted octanol–water partition coefficient (Wildman–Crippen LogP) is 8.98. The van der Waals surface area contributed by atoms with Gasteiger partial charge in [-0.1, -0.05) is 124 Å². The van der Waals surface area contributed by atoms with E-state index in [1.165, 1.54) is 51.4 Å². The standard InChI is InChI=1S/C38H72N2O6/c1-5-9-12-14-15-20-27-34(26-19-13-10-6-2)38(44)45-30-22-17-16-21-29-39-36(42)32-40-35(41)28-23-31-46-37(43)33(24-8-4)25-18-11-7-3/h33-34H,5-32H2,1-4H3,(H,39,42)(H,40,41). The van der Waals surface area contributed by atoms with E-state index in [1.807, 2.05) is 0 Å². The van der Waals surface area contributed by atoms with Crippen molar-refractivity contribution in [3.63, 3.8) is 0 Å². The van der Waals surface area contributed by atoms with Gasteiger partial charge in [0.2, 0.25) is 11.8 Å². The Labute approximate surface area is 282 Å². The van der Waals surface area contributed by atoms with Crippen LogP contribution < -0.4 is 10.6 Å². The van der Waals surface area contributed by atoms with Crippen LogP contribution in [-0.2, 0) is 28.7 Å². The summed E-state index contributed by atoms with van der Waals surface area (Å²) in [7, 11) is 0. The van der Waals surface area contributed by atoms with Crippen molar-refractivity contribution in [3.8, 4) is 0 Å². The van der Waals surface area contributed by atoms with Crippen LogP contribution in [0.5, 0.6) is 0 Å². The molecule has 8 nitrogen and oxygen atoms in total. The maximum Gasteiger partial charge on any atom is 0.308 e. The van der Waals surface area contributed by atoms with E-state index in [1.54, 1.807) is 0 Å². The minimum absolute atomic E-state index is 0.0150. The zero-order chi connectivity index (χ0) is 34.1. The van der Waals surface area contributed by atoms with Crippen LogP contribution in [0, 0.1) is 11.8 Å². The Morgan fingerprint density at radius 2 is 0.913 bits per heavy atom. The monoisotopic (exact) mass is 653 g/mol. The molecule has 0 aromatic carbocycles. The highest BCUT2D eigenvalue weighted by Crippen LogP contribution is 2.21. The smallest absolute Gasteiger partial charge is 0.308 e. The first-order valence-corrected chi connectivity index (χ1v) is 19.3. The lowest BCUT2D eigenvalue weighted by atomic mass is 9.94. The minimum atomic E-state index is -0.219. The number of carbonyl (C=O) groups excluding carboxylic acids is 4. The van der Waals surface area contributed by atoms with Gasteiger partial charge in [-0.3, -0.25) is 19.2 Å². The molecule has 0 fully saturated rings. The maximum atomic E-state index is 12.8. The van der Waals surface area contributed by atoms with Gasteiger partial charge in [0.15, 0.2) is 0 Å². The molecule has 0 aliphatic rings. The van der Waals surface area contributed by atoms with E-state index in [2.05, 4.69) is 38.3 Å². The molecule has 0 bridgehead atoms. The third-order valence-corrected chi connectivity index (χ3v) is 8.65. The van der Waals surface area contributed by atoms with E-state index in [0.717, 1.165) is 89.9 Å². The van der Waals surface area contributed by atoms with Gasteiger partial charge in [0.1, 0.15) is 0 Å². The topological polar surface area (TPSA) is 111 Å². The summed E-state index contributed by atoms with van der Waals surface area (Å²) in [5.41, 5.74) is 0. The minimum Gasteiger partial charge on any atom is -0.465 e. The number of esters is 2.